The number of Topliss-reactive ketones (excluding diaryl/α,β-unsaturated/α-hetero) is 1. The molecule has 1 heterocycles. The van der Waals surface area contributed by atoms with Crippen molar-refractivity contribution < 1.29 is 4.79 Å². The first kappa shape index (κ1) is 9.90. The van der Waals surface area contributed by atoms with Crippen LogP contribution >= 0.6 is 0 Å². The van der Waals surface area contributed by atoms with Crippen LogP contribution in [-0.2, 0) is 0 Å². The number of rotatable bonds is 3. The highest BCUT2D eigenvalue weighted by Gasteiger charge is 2.06. The Labute approximate surface area is 79.0 Å². The molecule has 0 N–H and O–H groups in total. The highest BCUT2D eigenvalue weighted by atomic mass is 16.1. The van der Waals surface area contributed by atoms with E-state index in [1.54, 1.807) is 13.0 Å². The molecular weight excluding hydrogens is 162 g/mol. The molecule has 0 aliphatic carbocycles. The molecule has 1 atom stereocenters. The molecule has 0 aliphatic heterocycles. The Balaban J connectivity index is 2.98. The third kappa shape index (κ3) is 2.38. The maximum absolute atomic E-state index is 11.0. The summed E-state index contributed by atoms with van der Waals surface area (Å²) >= 11 is 0. The van der Waals surface area contributed by atoms with E-state index < -0.39 is 0 Å². The van der Waals surface area contributed by atoms with E-state index in [4.69, 9.17) is 0 Å². The molecule has 0 bridgehead atoms. The molecule has 0 spiro atoms. The Morgan fingerprint density at radius 3 is 2.77 bits per heavy atom. The van der Waals surface area contributed by atoms with E-state index in [1.807, 2.05) is 12.1 Å². The van der Waals surface area contributed by atoms with Gasteiger partial charge < -0.3 is 0 Å². The van der Waals surface area contributed by atoms with Crippen molar-refractivity contribution in [3.8, 4) is 0 Å². The first-order chi connectivity index (χ1) is 6.15. The lowest BCUT2D eigenvalue weighted by Crippen LogP contribution is -2.02. The van der Waals surface area contributed by atoms with Crippen LogP contribution in [0.5, 0.6) is 0 Å². The summed E-state index contributed by atoms with van der Waals surface area (Å²) in [5.74, 6) is 0.462. The van der Waals surface area contributed by atoms with Gasteiger partial charge in [0, 0.05) is 12.6 Å². The van der Waals surface area contributed by atoms with Gasteiger partial charge in [-0.05, 0) is 24.5 Å². The average Bonchev–Trinajstić information content (AvgIpc) is 2.17. The Hall–Kier alpha value is -1.18. The standard InChI is InChI=1S/C11H15NO/c1-4-8(2)10-6-5-7-11(12-10)9(3)13/h5-8H,4H2,1-3H3/t8-/m0/s1. The molecule has 13 heavy (non-hydrogen) atoms. The molecule has 0 unspecified atom stereocenters. The van der Waals surface area contributed by atoms with Crippen molar-refractivity contribution in [1.82, 2.24) is 4.98 Å². The Morgan fingerprint density at radius 1 is 1.54 bits per heavy atom. The van der Waals surface area contributed by atoms with Gasteiger partial charge in [0.25, 0.3) is 0 Å². The zero-order valence-corrected chi connectivity index (χ0v) is 8.37. The fraction of sp³-hybridized carbons (Fsp3) is 0.455. The van der Waals surface area contributed by atoms with E-state index in [0.29, 0.717) is 11.6 Å². The van der Waals surface area contributed by atoms with Crippen molar-refractivity contribution in [2.45, 2.75) is 33.1 Å². The minimum Gasteiger partial charge on any atom is -0.293 e. The Morgan fingerprint density at radius 2 is 2.23 bits per heavy atom. The number of carbonyl (C=O) groups is 1. The van der Waals surface area contributed by atoms with Gasteiger partial charge in [-0.2, -0.15) is 0 Å². The van der Waals surface area contributed by atoms with Crippen LogP contribution in [0.4, 0.5) is 0 Å². The number of ketones is 1. The summed E-state index contributed by atoms with van der Waals surface area (Å²) in [6, 6.07) is 5.63. The highest BCUT2D eigenvalue weighted by molar-refractivity contribution is 5.92. The number of pyridine rings is 1. The minimum atomic E-state index is 0.0325. The zero-order valence-electron chi connectivity index (χ0n) is 8.37. The predicted octanol–water partition coefficient (Wildman–Crippen LogP) is 2.80. The van der Waals surface area contributed by atoms with Crippen molar-refractivity contribution >= 4 is 5.78 Å². The summed E-state index contributed by atoms with van der Waals surface area (Å²) in [6.45, 7) is 5.78. The second-order valence-electron chi connectivity index (χ2n) is 3.31. The molecule has 0 fully saturated rings. The summed E-state index contributed by atoms with van der Waals surface area (Å²) in [5, 5.41) is 0. The number of hydrogen-bond acceptors (Lipinski definition) is 2. The molecule has 0 amide bonds. The van der Waals surface area contributed by atoms with Gasteiger partial charge in [0.05, 0.1) is 0 Å². The molecular formula is C11H15NO. The van der Waals surface area contributed by atoms with Gasteiger partial charge in [0.15, 0.2) is 5.78 Å². The topological polar surface area (TPSA) is 30.0 Å². The molecule has 1 aromatic heterocycles. The molecule has 2 nitrogen and oxygen atoms in total. The molecule has 70 valence electrons. The van der Waals surface area contributed by atoms with Gasteiger partial charge in [0.2, 0.25) is 0 Å². The third-order valence-electron chi connectivity index (χ3n) is 2.25. The van der Waals surface area contributed by atoms with Gasteiger partial charge >= 0.3 is 0 Å². The van der Waals surface area contributed by atoms with E-state index in [2.05, 4.69) is 18.8 Å². The number of hydrogen-bond donors (Lipinski definition) is 0. The first-order valence-electron chi connectivity index (χ1n) is 4.63. The van der Waals surface area contributed by atoms with Crippen LogP contribution in [0.25, 0.3) is 0 Å². The van der Waals surface area contributed by atoms with Crippen molar-refractivity contribution in [2.75, 3.05) is 0 Å². The number of nitrogens with zero attached hydrogens (tertiary/aromatic N) is 1. The second-order valence-corrected chi connectivity index (χ2v) is 3.31. The van der Waals surface area contributed by atoms with Crippen LogP contribution in [0.1, 0.15) is 49.3 Å². The lowest BCUT2D eigenvalue weighted by molar-refractivity contribution is 0.101. The largest absolute Gasteiger partial charge is 0.293 e. The fourth-order valence-electron chi connectivity index (χ4n) is 1.13. The van der Waals surface area contributed by atoms with Crippen LogP contribution in [-0.4, -0.2) is 10.8 Å². The van der Waals surface area contributed by atoms with Crippen molar-refractivity contribution in [2.24, 2.45) is 0 Å². The van der Waals surface area contributed by atoms with Gasteiger partial charge in [-0.1, -0.05) is 19.9 Å². The molecule has 1 rings (SSSR count). The molecule has 0 aromatic carbocycles. The second kappa shape index (κ2) is 4.17. The lowest BCUT2D eigenvalue weighted by Gasteiger charge is -2.07. The third-order valence-corrected chi connectivity index (χ3v) is 2.25. The molecule has 0 aliphatic rings. The smallest absolute Gasteiger partial charge is 0.178 e. The van der Waals surface area contributed by atoms with Crippen LogP contribution in [0, 0.1) is 0 Å². The van der Waals surface area contributed by atoms with Crippen LogP contribution in [0.15, 0.2) is 18.2 Å². The van der Waals surface area contributed by atoms with Gasteiger partial charge in [0.1, 0.15) is 5.69 Å². The number of carbonyl (C=O) groups excluding carboxylic acids is 1. The SMILES string of the molecule is CC[C@H](C)c1cccc(C(C)=O)n1. The quantitative estimate of drug-likeness (QED) is 0.664. The fourth-order valence-corrected chi connectivity index (χ4v) is 1.13. The maximum atomic E-state index is 11.0. The molecule has 0 saturated carbocycles. The monoisotopic (exact) mass is 177 g/mol. The van der Waals surface area contributed by atoms with E-state index in [0.717, 1.165) is 12.1 Å². The van der Waals surface area contributed by atoms with Crippen molar-refractivity contribution in [3.63, 3.8) is 0 Å². The molecule has 1 aromatic rings. The van der Waals surface area contributed by atoms with Gasteiger partial charge in [-0.3, -0.25) is 4.79 Å². The van der Waals surface area contributed by atoms with E-state index in [9.17, 15) is 4.79 Å². The normalized spacial score (nSPS) is 12.5. The Bertz CT molecular complexity index is 307. The van der Waals surface area contributed by atoms with Crippen LogP contribution < -0.4 is 0 Å². The minimum absolute atomic E-state index is 0.0325. The molecule has 0 radical (unpaired) electrons. The first-order valence-corrected chi connectivity index (χ1v) is 4.63. The van der Waals surface area contributed by atoms with Crippen molar-refractivity contribution in [3.05, 3.63) is 29.6 Å². The van der Waals surface area contributed by atoms with E-state index >= 15 is 0 Å². The van der Waals surface area contributed by atoms with Gasteiger partial charge in [-0.15, -0.1) is 0 Å². The highest BCUT2D eigenvalue weighted by Crippen LogP contribution is 2.16. The zero-order chi connectivity index (χ0) is 9.84. The Kier molecular flexibility index (Phi) is 3.18. The predicted molar refractivity (Wildman–Crippen MR) is 52.9 cm³/mol. The van der Waals surface area contributed by atoms with E-state index in [1.165, 1.54) is 0 Å². The van der Waals surface area contributed by atoms with E-state index in [-0.39, 0.29) is 5.78 Å². The van der Waals surface area contributed by atoms with Gasteiger partial charge in [-0.25, -0.2) is 4.98 Å². The summed E-state index contributed by atoms with van der Waals surface area (Å²) < 4.78 is 0. The number of aromatic nitrogens is 1. The average molecular weight is 177 g/mol. The van der Waals surface area contributed by atoms with Crippen LogP contribution in [0.2, 0.25) is 0 Å². The van der Waals surface area contributed by atoms with Crippen molar-refractivity contribution in [1.29, 1.82) is 0 Å². The summed E-state index contributed by atoms with van der Waals surface area (Å²) in [7, 11) is 0. The van der Waals surface area contributed by atoms with Crippen LogP contribution in [0.3, 0.4) is 0 Å². The molecule has 0 saturated heterocycles. The summed E-state index contributed by atoms with van der Waals surface area (Å²) in [5.41, 5.74) is 1.58. The molecule has 2 heteroatoms. The lowest BCUT2D eigenvalue weighted by atomic mass is 10.0. The maximum Gasteiger partial charge on any atom is 0.178 e. The summed E-state index contributed by atoms with van der Waals surface area (Å²) in [6.07, 6.45) is 1.05. The summed E-state index contributed by atoms with van der Waals surface area (Å²) in [4.78, 5) is 15.3.